The van der Waals surface area contributed by atoms with Crippen LogP contribution >= 0.6 is 0 Å². The second-order valence-electron chi connectivity index (χ2n) is 6.46. The summed E-state index contributed by atoms with van der Waals surface area (Å²) in [6.07, 6.45) is 3.08. The van der Waals surface area contributed by atoms with E-state index in [2.05, 4.69) is 19.2 Å². The van der Waals surface area contributed by atoms with Crippen LogP contribution in [0.4, 0.5) is 5.69 Å². The third-order valence-corrected chi connectivity index (χ3v) is 3.60. The molecule has 0 unspecified atom stereocenters. The Hall–Kier alpha value is -2.95. The number of carbonyl (C=O) groups excluding carboxylic acids is 1. The van der Waals surface area contributed by atoms with E-state index >= 15 is 0 Å². The molecule has 0 saturated carbocycles. The zero-order valence-corrected chi connectivity index (χ0v) is 15.6. The lowest BCUT2D eigenvalue weighted by Crippen LogP contribution is -2.08. The highest BCUT2D eigenvalue weighted by molar-refractivity contribution is 6.02. The third-order valence-electron chi connectivity index (χ3n) is 3.60. The highest BCUT2D eigenvalue weighted by Gasteiger charge is 2.07. The van der Waals surface area contributed by atoms with Gasteiger partial charge in [-0.2, -0.15) is 0 Å². The number of carbonyl (C=O) groups is 1. The standard InChI is InChI=1S/C21H25NO4/c1-14(2)13-26-19-9-6-16(12-20(19)25-4)7-10-21(24)22-17-8-5-15(3)11-18(17)23/h5-12,14,23H,13H2,1-4H3,(H,22,24)/b10-7+. The van der Waals surface area contributed by atoms with Gasteiger partial charge in [-0.05, 0) is 54.3 Å². The van der Waals surface area contributed by atoms with Crippen LogP contribution in [0.2, 0.25) is 0 Å². The summed E-state index contributed by atoms with van der Waals surface area (Å²) in [6, 6.07) is 10.6. The van der Waals surface area contributed by atoms with Gasteiger partial charge in [0.05, 0.1) is 19.4 Å². The number of rotatable bonds is 7. The minimum atomic E-state index is -0.330. The van der Waals surface area contributed by atoms with Crippen molar-refractivity contribution >= 4 is 17.7 Å². The number of phenolic OH excluding ortho intramolecular Hbond substituents is 1. The number of methoxy groups -OCH3 is 1. The van der Waals surface area contributed by atoms with Gasteiger partial charge in [-0.3, -0.25) is 4.79 Å². The molecule has 2 aromatic rings. The number of nitrogens with one attached hydrogen (secondary N) is 1. The molecule has 0 aliphatic heterocycles. The summed E-state index contributed by atoms with van der Waals surface area (Å²) in [4.78, 5) is 12.1. The molecular weight excluding hydrogens is 330 g/mol. The second kappa shape index (κ2) is 8.94. The molecule has 1 amide bonds. The smallest absolute Gasteiger partial charge is 0.248 e. The molecule has 2 rings (SSSR count). The number of aryl methyl sites for hydroxylation is 1. The zero-order chi connectivity index (χ0) is 19.1. The summed E-state index contributed by atoms with van der Waals surface area (Å²) in [5.74, 6) is 1.42. The van der Waals surface area contributed by atoms with Crippen LogP contribution in [0.3, 0.4) is 0 Å². The lowest BCUT2D eigenvalue weighted by Gasteiger charge is -2.12. The van der Waals surface area contributed by atoms with Gasteiger partial charge in [0.25, 0.3) is 0 Å². The van der Waals surface area contributed by atoms with E-state index in [0.29, 0.717) is 29.7 Å². The summed E-state index contributed by atoms with van der Waals surface area (Å²) in [6.45, 7) is 6.63. The van der Waals surface area contributed by atoms with Crippen LogP contribution < -0.4 is 14.8 Å². The quantitative estimate of drug-likeness (QED) is 0.571. The van der Waals surface area contributed by atoms with Crippen LogP contribution in [0.5, 0.6) is 17.2 Å². The molecule has 0 aliphatic rings. The average molecular weight is 355 g/mol. The Kier molecular flexibility index (Phi) is 6.67. The first-order valence-electron chi connectivity index (χ1n) is 8.48. The van der Waals surface area contributed by atoms with Crippen LogP contribution in [0, 0.1) is 12.8 Å². The highest BCUT2D eigenvalue weighted by Crippen LogP contribution is 2.29. The third kappa shape index (κ3) is 5.55. The van der Waals surface area contributed by atoms with Gasteiger partial charge in [0, 0.05) is 6.08 Å². The summed E-state index contributed by atoms with van der Waals surface area (Å²) < 4.78 is 11.1. The van der Waals surface area contributed by atoms with Crippen molar-refractivity contribution in [2.75, 3.05) is 19.0 Å². The van der Waals surface area contributed by atoms with Gasteiger partial charge in [-0.1, -0.05) is 26.0 Å². The first-order valence-corrected chi connectivity index (χ1v) is 8.48. The topological polar surface area (TPSA) is 67.8 Å². The molecule has 0 bridgehead atoms. The van der Waals surface area contributed by atoms with Gasteiger partial charge < -0.3 is 19.9 Å². The number of phenols is 1. The molecule has 5 nitrogen and oxygen atoms in total. The maximum atomic E-state index is 12.1. The second-order valence-corrected chi connectivity index (χ2v) is 6.46. The van der Waals surface area contributed by atoms with E-state index in [0.717, 1.165) is 11.1 Å². The molecule has 2 aromatic carbocycles. The van der Waals surface area contributed by atoms with E-state index < -0.39 is 0 Å². The van der Waals surface area contributed by atoms with Crippen LogP contribution in [0.1, 0.15) is 25.0 Å². The summed E-state index contributed by atoms with van der Waals surface area (Å²) in [5, 5.41) is 12.5. The molecule has 2 N–H and O–H groups in total. The predicted octanol–water partition coefficient (Wildman–Crippen LogP) is 4.40. The Labute approximate surface area is 154 Å². The molecule has 0 aliphatic carbocycles. The van der Waals surface area contributed by atoms with Gasteiger partial charge in [0.1, 0.15) is 5.75 Å². The fourth-order valence-corrected chi connectivity index (χ4v) is 2.26. The normalized spacial score (nSPS) is 11.0. The molecule has 0 spiro atoms. The first kappa shape index (κ1) is 19.4. The molecule has 0 saturated heterocycles. The Bertz CT molecular complexity index is 797. The summed E-state index contributed by atoms with van der Waals surface area (Å²) in [5.41, 5.74) is 2.10. The fourth-order valence-electron chi connectivity index (χ4n) is 2.26. The average Bonchev–Trinajstić information content (AvgIpc) is 2.60. The fraction of sp³-hybridized carbons (Fsp3) is 0.286. The Morgan fingerprint density at radius 3 is 2.62 bits per heavy atom. The molecule has 5 heteroatoms. The lowest BCUT2D eigenvalue weighted by molar-refractivity contribution is -0.111. The van der Waals surface area contributed by atoms with Crippen LogP contribution in [0.15, 0.2) is 42.5 Å². The van der Waals surface area contributed by atoms with E-state index in [4.69, 9.17) is 9.47 Å². The molecular formula is C21H25NO4. The maximum Gasteiger partial charge on any atom is 0.248 e. The number of hydrogen-bond acceptors (Lipinski definition) is 4. The Balaban J connectivity index is 2.05. The van der Waals surface area contributed by atoms with Gasteiger partial charge in [0.15, 0.2) is 11.5 Å². The van der Waals surface area contributed by atoms with E-state index in [9.17, 15) is 9.90 Å². The number of benzene rings is 2. The molecule has 0 fully saturated rings. The van der Waals surface area contributed by atoms with Crippen LogP contribution in [-0.2, 0) is 4.79 Å². The van der Waals surface area contributed by atoms with Gasteiger partial charge in [-0.15, -0.1) is 0 Å². The number of amides is 1. The van der Waals surface area contributed by atoms with Gasteiger partial charge in [-0.25, -0.2) is 0 Å². The van der Waals surface area contributed by atoms with Crippen molar-refractivity contribution in [3.63, 3.8) is 0 Å². The molecule has 26 heavy (non-hydrogen) atoms. The highest BCUT2D eigenvalue weighted by atomic mass is 16.5. The molecule has 138 valence electrons. The number of aromatic hydroxyl groups is 1. The van der Waals surface area contributed by atoms with Crippen molar-refractivity contribution in [3.8, 4) is 17.2 Å². The SMILES string of the molecule is COc1cc(/C=C/C(=O)Nc2ccc(C)cc2O)ccc1OCC(C)C. The van der Waals surface area contributed by atoms with Crippen molar-refractivity contribution in [3.05, 3.63) is 53.6 Å². The number of anilines is 1. The van der Waals surface area contributed by atoms with E-state index in [1.54, 1.807) is 25.3 Å². The number of hydrogen-bond donors (Lipinski definition) is 2. The van der Waals surface area contributed by atoms with E-state index in [1.165, 1.54) is 6.08 Å². The largest absolute Gasteiger partial charge is 0.506 e. The molecule has 0 radical (unpaired) electrons. The minimum absolute atomic E-state index is 0.0417. The van der Waals surface area contributed by atoms with E-state index in [1.807, 2.05) is 31.2 Å². The molecule has 0 aromatic heterocycles. The van der Waals surface area contributed by atoms with Crippen molar-refractivity contribution in [2.45, 2.75) is 20.8 Å². The van der Waals surface area contributed by atoms with E-state index in [-0.39, 0.29) is 11.7 Å². The summed E-state index contributed by atoms with van der Waals surface area (Å²) in [7, 11) is 1.58. The molecule has 0 atom stereocenters. The van der Waals surface area contributed by atoms with Crippen molar-refractivity contribution < 1.29 is 19.4 Å². The lowest BCUT2D eigenvalue weighted by atomic mass is 10.1. The van der Waals surface area contributed by atoms with Gasteiger partial charge in [0.2, 0.25) is 5.91 Å². The molecule has 0 heterocycles. The van der Waals surface area contributed by atoms with Crippen molar-refractivity contribution in [2.24, 2.45) is 5.92 Å². The first-order chi connectivity index (χ1) is 12.4. The summed E-state index contributed by atoms with van der Waals surface area (Å²) >= 11 is 0. The zero-order valence-electron chi connectivity index (χ0n) is 15.6. The van der Waals surface area contributed by atoms with Crippen molar-refractivity contribution in [1.82, 2.24) is 0 Å². The number of ether oxygens (including phenoxy) is 2. The van der Waals surface area contributed by atoms with Gasteiger partial charge >= 0.3 is 0 Å². The van der Waals surface area contributed by atoms with Crippen LogP contribution in [-0.4, -0.2) is 24.7 Å². The predicted molar refractivity (Wildman–Crippen MR) is 104 cm³/mol. The Morgan fingerprint density at radius 2 is 1.96 bits per heavy atom. The minimum Gasteiger partial charge on any atom is -0.506 e. The van der Waals surface area contributed by atoms with Crippen molar-refractivity contribution in [1.29, 1.82) is 0 Å². The maximum absolute atomic E-state index is 12.1. The van der Waals surface area contributed by atoms with Crippen LogP contribution in [0.25, 0.3) is 6.08 Å². The Morgan fingerprint density at radius 1 is 1.19 bits per heavy atom. The monoisotopic (exact) mass is 355 g/mol.